The molecule has 1 atom stereocenters. The third kappa shape index (κ3) is 4.72. The van der Waals surface area contributed by atoms with Crippen molar-refractivity contribution in [2.45, 2.75) is 18.0 Å². The minimum absolute atomic E-state index is 0.0233. The molecule has 0 heterocycles. The number of ether oxygens (including phenoxy) is 1. The quantitative estimate of drug-likeness (QED) is 0.381. The summed E-state index contributed by atoms with van der Waals surface area (Å²) in [6, 6.07) is 0. The highest BCUT2D eigenvalue weighted by molar-refractivity contribution is 9.09. The van der Waals surface area contributed by atoms with Gasteiger partial charge in [-0.05, 0) is 6.92 Å². The molecular formula is C5H9BrO4. The average Bonchev–Trinajstić information content (AvgIpc) is 1.82. The molecule has 0 radical (unpaired) electrons. The van der Waals surface area contributed by atoms with Crippen molar-refractivity contribution >= 4 is 21.9 Å². The van der Waals surface area contributed by atoms with E-state index in [1.165, 1.54) is 0 Å². The van der Waals surface area contributed by atoms with E-state index in [2.05, 4.69) is 20.7 Å². The van der Waals surface area contributed by atoms with Crippen molar-refractivity contribution < 1.29 is 19.7 Å². The summed E-state index contributed by atoms with van der Waals surface area (Å²) in [5, 5.41) is 16.4. The van der Waals surface area contributed by atoms with Crippen LogP contribution in [0.25, 0.3) is 0 Å². The molecule has 60 valence electrons. The van der Waals surface area contributed by atoms with Gasteiger partial charge in [0, 0.05) is 4.83 Å². The lowest BCUT2D eigenvalue weighted by atomic mass is 10.5. The molecule has 0 rings (SSSR count). The maximum absolute atomic E-state index is 10.3. The van der Waals surface area contributed by atoms with Gasteiger partial charge in [0.05, 0.1) is 0 Å². The second-order valence-electron chi connectivity index (χ2n) is 1.78. The first-order valence-corrected chi connectivity index (χ1v) is 3.62. The first-order chi connectivity index (χ1) is 4.54. The zero-order valence-electron chi connectivity index (χ0n) is 5.45. The van der Waals surface area contributed by atoms with Gasteiger partial charge in [0.1, 0.15) is 6.61 Å². The van der Waals surface area contributed by atoms with E-state index in [9.17, 15) is 4.79 Å². The van der Waals surface area contributed by atoms with Crippen LogP contribution in [0.4, 0.5) is 0 Å². The van der Waals surface area contributed by atoms with Gasteiger partial charge in [-0.3, -0.25) is 0 Å². The highest BCUT2D eigenvalue weighted by Gasteiger charge is 2.12. The Bertz CT molecular complexity index is 112. The number of aliphatic hydroxyl groups is 2. The third-order valence-corrected chi connectivity index (χ3v) is 0.930. The Kier molecular flexibility index (Phi) is 4.59. The smallest absolute Gasteiger partial charge is 0.363 e. The number of carbonyl (C=O) groups excluding carboxylic acids is 1. The summed E-state index contributed by atoms with van der Waals surface area (Å²) in [7, 11) is 0. The van der Waals surface area contributed by atoms with Crippen LogP contribution >= 0.6 is 15.9 Å². The van der Waals surface area contributed by atoms with E-state index in [0.29, 0.717) is 0 Å². The number of aliphatic hydroxyl groups excluding tert-OH is 1. The summed E-state index contributed by atoms with van der Waals surface area (Å²) in [5.74, 6) is -1.02. The maximum atomic E-state index is 10.3. The molecule has 2 N–H and O–H groups in total. The third-order valence-electron chi connectivity index (χ3n) is 0.666. The molecule has 10 heavy (non-hydrogen) atoms. The molecule has 0 aliphatic heterocycles. The van der Waals surface area contributed by atoms with Crippen molar-refractivity contribution in [1.82, 2.24) is 0 Å². The van der Waals surface area contributed by atoms with E-state index >= 15 is 0 Å². The Labute approximate surface area is 66.9 Å². The van der Waals surface area contributed by atoms with Crippen molar-refractivity contribution in [3.63, 3.8) is 0 Å². The van der Waals surface area contributed by atoms with E-state index < -0.39 is 12.3 Å². The van der Waals surface area contributed by atoms with Gasteiger partial charge in [-0.25, -0.2) is 4.79 Å². The lowest BCUT2D eigenvalue weighted by Crippen LogP contribution is -2.24. The second-order valence-corrected chi connectivity index (χ2v) is 3.35. The maximum Gasteiger partial charge on any atom is 0.363 e. The fraction of sp³-hybridized carbons (Fsp3) is 0.800. The van der Waals surface area contributed by atoms with Crippen LogP contribution in [0.2, 0.25) is 0 Å². The number of hydrogen-bond donors (Lipinski definition) is 2. The average molecular weight is 213 g/mol. The van der Waals surface area contributed by atoms with Crippen LogP contribution < -0.4 is 0 Å². The summed E-state index contributed by atoms with van der Waals surface area (Å²) in [4.78, 5) is 10.3. The number of esters is 1. The first-order valence-electron chi connectivity index (χ1n) is 2.71. The van der Waals surface area contributed by atoms with Gasteiger partial charge >= 0.3 is 5.97 Å². The van der Waals surface area contributed by atoms with Crippen molar-refractivity contribution in [1.29, 1.82) is 0 Å². The first kappa shape index (κ1) is 9.87. The molecule has 0 aromatic carbocycles. The van der Waals surface area contributed by atoms with Crippen molar-refractivity contribution in [3.05, 3.63) is 0 Å². The molecule has 0 amide bonds. The Balaban J connectivity index is 3.40. The van der Waals surface area contributed by atoms with Crippen molar-refractivity contribution in [2.75, 3.05) is 6.61 Å². The summed E-state index contributed by atoms with van der Waals surface area (Å²) in [5.41, 5.74) is 0. The van der Waals surface area contributed by atoms with E-state index in [4.69, 9.17) is 10.2 Å². The fourth-order valence-corrected chi connectivity index (χ4v) is 0.404. The molecule has 0 bridgehead atoms. The molecule has 5 heteroatoms. The Morgan fingerprint density at radius 2 is 2.20 bits per heavy atom. The molecule has 1 unspecified atom stereocenters. The molecular weight excluding hydrogens is 204 g/mol. The fourth-order valence-electron chi connectivity index (χ4n) is 0.271. The number of hydrogen-bond acceptors (Lipinski definition) is 4. The van der Waals surface area contributed by atoms with Crippen LogP contribution in [0, 0.1) is 0 Å². The molecule has 0 aliphatic carbocycles. The second kappa shape index (κ2) is 4.65. The molecule has 0 saturated heterocycles. The van der Waals surface area contributed by atoms with E-state index in [0.717, 1.165) is 0 Å². The molecule has 0 aliphatic rings. The normalized spacial score (nSPS) is 13.3. The molecule has 0 fully saturated rings. The van der Waals surface area contributed by atoms with Gasteiger partial charge in [-0.1, -0.05) is 15.9 Å². The van der Waals surface area contributed by atoms with Gasteiger partial charge in [0.15, 0.2) is 0 Å². The largest absolute Gasteiger partial charge is 0.461 e. The highest BCUT2D eigenvalue weighted by Crippen LogP contribution is 1.97. The monoisotopic (exact) mass is 212 g/mol. The van der Waals surface area contributed by atoms with Crippen LogP contribution in [-0.2, 0) is 9.53 Å². The van der Waals surface area contributed by atoms with E-state index in [1.807, 2.05) is 0 Å². The zero-order valence-corrected chi connectivity index (χ0v) is 7.04. The lowest BCUT2D eigenvalue weighted by Gasteiger charge is -2.06. The lowest BCUT2D eigenvalue weighted by molar-refractivity contribution is -0.172. The van der Waals surface area contributed by atoms with Crippen LogP contribution in [0.5, 0.6) is 0 Å². The van der Waals surface area contributed by atoms with Crippen LogP contribution in [0.15, 0.2) is 0 Å². The number of halogens is 1. The Morgan fingerprint density at radius 1 is 1.70 bits per heavy atom. The topological polar surface area (TPSA) is 66.8 Å². The molecule has 4 nitrogen and oxygen atoms in total. The van der Waals surface area contributed by atoms with Crippen LogP contribution in [0.1, 0.15) is 6.92 Å². The van der Waals surface area contributed by atoms with Crippen molar-refractivity contribution in [2.24, 2.45) is 0 Å². The van der Waals surface area contributed by atoms with Gasteiger partial charge < -0.3 is 14.9 Å². The standard InChI is InChI=1S/C5H9BrO4/c1-3(6)2-10-5(9)4(7)8/h3-4,7-8H,2H2,1H3. The Morgan fingerprint density at radius 3 is 2.50 bits per heavy atom. The predicted molar refractivity (Wildman–Crippen MR) is 37.6 cm³/mol. The minimum atomic E-state index is -2.02. The SMILES string of the molecule is CC(Br)COC(=O)C(O)O. The predicted octanol–water partition coefficient (Wildman–Crippen LogP) is -0.376. The molecule has 0 spiro atoms. The molecule has 0 aromatic rings. The van der Waals surface area contributed by atoms with Crippen molar-refractivity contribution in [3.8, 4) is 0 Å². The summed E-state index contributed by atoms with van der Waals surface area (Å²) in [6.07, 6.45) is -2.02. The van der Waals surface area contributed by atoms with E-state index in [1.54, 1.807) is 6.92 Å². The number of rotatable bonds is 3. The van der Waals surface area contributed by atoms with Gasteiger partial charge in [0.25, 0.3) is 6.29 Å². The summed E-state index contributed by atoms with van der Waals surface area (Å²) < 4.78 is 4.38. The van der Waals surface area contributed by atoms with E-state index in [-0.39, 0.29) is 11.4 Å². The summed E-state index contributed by atoms with van der Waals surface area (Å²) in [6.45, 7) is 1.91. The van der Waals surface area contributed by atoms with Gasteiger partial charge in [-0.2, -0.15) is 0 Å². The Hall–Kier alpha value is -0.130. The number of alkyl halides is 1. The number of carbonyl (C=O) groups is 1. The molecule has 0 saturated carbocycles. The van der Waals surface area contributed by atoms with Crippen LogP contribution in [-0.4, -0.2) is 33.9 Å². The molecule has 0 aromatic heterocycles. The highest BCUT2D eigenvalue weighted by atomic mass is 79.9. The van der Waals surface area contributed by atoms with Crippen LogP contribution in [0.3, 0.4) is 0 Å². The zero-order chi connectivity index (χ0) is 8.15. The minimum Gasteiger partial charge on any atom is -0.461 e. The summed E-state index contributed by atoms with van der Waals surface area (Å²) >= 11 is 3.11. The van der Waals surface area contributed by atoms with Gasteiger partial charge in [-0.15, -0.1) is 0 Å². The van der Waals surface area contributed by atoms with Gasteiger partial charge in [0.2, 0.25) is 0 Å².